The van der Waals surface area contributed by atoms with Gasteiger partial charge in [0.2, 0.25) is 0 Å². The number of aromatic amines is 6. The fourth-order valence-corrected chi connectivity index (χ4v) is 20.3. The number of likely N-dealkylation sites (N-methyl/N-ethyl adjacent to an activating group) is 2. The number of hydrogen-bond acceptors (Lipinski definition) is 22. The van der Waals surface area contributed by atoms with E-state index in [1.807, 2.05) is 48.5 Å². The summed E-state index contributed by atoms with van der Waals surface area (Å²) >= 11 is 34.8. The third kappa shape index (κ3) is 23.4. The summed E-state index contributed by atoms with van der Waals surface area (Å²) in [5, 5.41) is 47.3. The van der Waals surface area contributed by atoms with Crippen molar-refractivity contribution < 1.29 is 24.8 Å². The molecule has 0 saturated carbocycles. The quantitative estimate of drug-likeness (QED) is 0.0569. The Morgan fingerprint density at radius 2 is 0.555 bits per heavy atom. The molecule has 18 rings (SSSR count). The monoisotopic (exact) mass is 2020 g/mol. The number of halogens is 8. The molecule has 10 N–H and O–H groups in total. The molecule has 0 unspecified atom stereocenters. The number of benzene rings is 6. The highest BCUT2D eigenvalue weighted by Crippen LogP contribution is 2.37. The number of phenolic OH excluding ortho intramolecular Hbond substituents is 4. The van der Waals surface area contributed by atoms with Crippen molar-refractivity contribution in [1.82, 2.24) is 59.3 Å². The van der Waals surface area contributed by atoms with E-state index in [-0.39, 0.29) is 66.8 Å². The minimum Gasteiger partial charge on any atom is -0.504 e. The van der Waals surface area contributed by atoms with Crippen LogP contribution in [0.15, 0.2) is 151 Å². The van der Waals surface area contributed by atoms with E-state index in [0.29, 0.717) is 82.3 Å². The Balaban J connectivity index is 0.000000131. The molecule has 0 aliphatic carbocycles. The summed E-state index contributed by atoms with van der Waals surface area (Å²) in [6, 6.07) is 32.6. The van der Waals surface area contributed by atoms with Crippen LogP contribution in [0.3, 0.4) is 0 Å². The molecule has 6 aliphatic rings. The van der Waals surface area contributed by atoms with Gasteiger partial charge in [0.05, 0.1) is 31.6 Å². The summed E-state index contributed by atoms with van der Waals surface area (Å²) in [6.07, 6.45) is 8.72. The Bertz CT molecular complexity index is 6080. The lowest BCUT2D eigenvalue weighted by Crippen LogP contribution is -2.45. The normalized spacial score (nSPS) is 16.7. The number of rotatable bonds is 10. The zero-order chi connectivity index (χ0) is 92.0. The van der Waals surface area contributed by atoms with Gasteiger partial charge in [-0.2, -0.15) is 0 Å². The van der Waals surface area contributed by atoms with Crippen LogP contribution in [-0.4, -0.2) is 279 Å². The van der Waals surface area contributed by atoms with Crippen LogP contribution in [0.4, 0.5) is 39.3 Å². The zero-order valence-corrected chi connectivity index (χ0v) is 81.1. The van der Waals surface area contributed by atoms with Gasteiger partial charge in [-0.1, -0.05) is 94.2 Å². The largest absolute Gasteiger partial charge is 0.504 e. The number of aromatic nitrogens is 6. The topological polar surface area (TPSA) is 317 Å². The molecule has 6 fully saturated rings. The second kappa shape index (κ2) is 42.4. The van der Waals surface area contributed by atoms with Crippen molar-refractivity contribution in [3.8, 4) is 23.0 Å². The van der Waals surface area contributed by atoms with Gasteiger partial charge in [-0.15, -0.1) is 0 Å². The van der Waals surface area contributed by atoms with E-state index in [1.165, 1.54) is 36.4 Å². The van der Waals surface area contributed by atoms with Gasteiger partial charge in [0, 0.05) is 185 Å². The van der Waals surface area contributed by atoms with Crippen molar-refractivity contribution in [3.63, 3.8) is 0 Å². The number of pyridine rings is 6. The number of piperidine rings is 4. The molecule has 0 bridgehead atoms. The maximum atomic E-state index is 13.3. The van der Waals surface area contributed by atoms with Crippen LogP contribution in [0.5, 0.6) is 23.0 Å². The standard InChI is InChI=1S/C16H19Br2N3O.C16H19BrClN3O.C16H19Cl2N3O.C16H21N3O3.C14H15ClFN3O.C14H17N3O3/c1-20(2)11-3-5-21(6-4-11)15-9-12-13(16(22)19-15)7-10(17)8-14(12)18;1-20(2)11-3-5-21(6-4-11)15-9-12-13(16(22)19-15)7-10(18)8-14(12)17;1-20(2)11-3-5-21(6-4-11)15-9-12-13(16(22)19-15)7-10(17)8-14(12)18;1-18(2)11-3-5-19(6-4-11)15-8-10-7-13(20)14(21)9-12(10)16(22)17-15;1-18-2-4-19(5-3-18)13-8-10-11(14(20)17-13)6-9(16)7-12(10)15;1-16-2-4-17(5-3-16)13-7-9-6-11(18)12(19)8-10(9)14(20)15-13/h3*7-9,11H,3-6H2,1-2H3,(H,19,22);7-9,11,20-21H,3-6H2,1-2H3,(H,17,22);6-8H,2-5H2,1H3,(H,17,20);6-8,18-19H,2-5H2,1H3,(H,15,20). The molecule has 128 heavy (non-hydrogen) atoms. The van der Waals surface area contributed by atoms with E-state index < -0.39 is 5.82 Å². The minimum atomic E-state index is -0.500. The van der Waals surface area contributed by atoms with Gasteiger partial charge in [0.15, 0.2) is 23.0 Å². The molecule has 684 valence electrons. The summed E-state index contributed by atoms with van der Waals surface area (Å²) in [4.78, 5) is 118. The van der Waals surface area contributed by atoms with E-state index in [2.05, 4.69) is 213 Å². The van der Waals surface area contributed by atoms with Crippen LogP contribution in [0.25, 0.3) is 64.6 Å². The second-order valence-corrected chi connectivity index (χ2v) is 38.8. The van der Waals surface area contributed by atoms with Crippen LogP contribution >= 0.6 is 94.2 Å². The van der Waals surface area contributed by atoms with Crippen molar-refractivity contribution in [2.75, 3.05) is 205 Å². The number of H-pyrrole nitrogens is 6. The van der Waals surface area contributed by atoms with Crippen LogP contribution in [0.2, 0.25) is 20.1 Å². The molecule has 36 heteroatoms. The maximum absolute atomic E-state index is 13.3. The zero-order valence-electron chi connectivity index (χ0n) is 73.3. The van der Waals surface area contributed by atoms with Gasteiger partial charge >= 0.3 is 0 Å². The number of nitrogens with one attached hydrogen (secondary N) is 6. The molecular formula is C92H110Br3Cl4FN18O10. The fraction of sp³-hybridized carbons (Fsp3) is 0.413. The lowest BCUT2D eigenvalue weighted by molar-refractivity contribution is 0.249. The molecule has 0 radical (unpaired) electrons. The first-order valence-electron chi connectivity index (χ1n) is 42.7. The SMILES string of the molecule is CN(C)C1CCN(c2cc3c(Br)cc(Br)cc3c(=O)[nH]2)CC1.CN(C)C1CCN(c2cc3c(Br)cc(Cl)cc3c(=O)[nH]2)CC1.CN(C)C1CCN(c2cc3c(Cl)cc(Cl)cc3c(=O)[nH]2)CC1.CN(C)C1CCN(c2cc3cc(O)c(O)cc3c(=O)[nH]2)CC1.CN1CCN(c2cc3c(Cl)cc(F)cc3c(=O)[nH]2)CC1.CN1CCN(c2cc3cc(O)c(O)cc3c(=O)[nH]2)CC1. The predicted molar refractivity (Wildman–Crippen MR) is 532 cm³/mol. The lowest BCUT2D eigenvalue weighted by Gasteiger charge is -2.36. The van der Waals surface area contributed by atoms with Crippen molar-refractivity contribution >= 4 is 194 Å². The van der Waals surface area contributed by atoms with E-state index in [1.54, 1.807) is 18.2 Å². The average Bonchev–Trinajstić information content (AvgIpc) is 0.802. The minimum absolute atomic E-state index is 0.0377. The van der Waals surface area contributed by atoms with Gasteiger partial charge in [-0.3, -0.25) is 28.8 Å². The number of phenols is 4. The Morgan fingerprint density at radius 3 is 0.891 bits per heavy atom. The molecule has 0 spiro atoms. The molecule has 12 heterocycles. The Kier molecular flexibility index (Phi) is 31.9. The molecule has 12 aromatic rings. The number of piperazine rings is 2. The number of fused-ring (bicyclic) bond motifs is 6. The van der Waals surface area contributed by atoms with E-state index in [9.17, 15) is 53.6 Å². The van der Waals surface area contributed by atoms with Gasteiger partial charge in [0.1, 0.15) is 40.7 Å². The second-order valence-electron chi connectivity index (χ2n) is 34.5. The van der Waals surface area contributed by atoms with Gasteiger partial charge in [-0.05, 0) is 242 Å². The summed E-state index contributed by atoms with van der Waals surface area (Å²) in [7, 11) is 21.1. The van der Waals surface area contributed by atoms with Crippen molar-refractivity contribution in [3.05, 3.63) is 211 Å². The molecule has 6 saturated heterocycles. The summed E-state index contributed by atoms with van der Waals surface area (Å²) in [5.74, 6) is 3.40. The number of hydrogen-bond donors (Lipinski definition) is 10. The van der Waals surface area contributed by atoms with Crippen LogP contribution in [0.1, 0.15) is 51.4 Å². The lowest BCUT2D eigenvalue weighted by atomic mass is 10.0. The smallest absolute Gasteiger partial charge is 0.257 e. The Morgan fingerprint density at radius 1 is 0.297 bits per heavy atom. The third-order valence-electron chi connectivity index (χ3n) is 25.1. The first-order chi connectivity index (χ1) is 60.9. The van der Waals surface area contributed by atoms with Gasteiger partial charge < -0.3 is 109 Å². The summed E-state index contributed by atoms with van der Waals surface area (Å²) in [5.41, 5.74) is -1.09. The number of nitrogens with zero attached hydrogens (tertiary/aromatic N) is 12. The summed E-state index contributed by atoms with van der Waals surface area (Å²) in [6.45, 7) is 14.6. The Hall–Kier alpha value is -9.13. The van der Waals surface area contributed by atoms with Gasteiger partial charge in [-0.25, -0.2) is 4.39 Å². The summed E-state index contributed by atoms with van der Waals surface area (Å²) < 4.78 is 16.0. The highest BCUT2D eigenvalue weighted by atomic mass is 79.9. The maximum Gasteiger partial charge on any atom is 0.257 e. The number of aromatic hydroxyl groups is 4. The highest BCUT2D eigenvalue weighted by molar-refractivity contribution is 9.11. The first kappa shape index (κ1) is 96.4. The fourth-order valence-electron chi connectivity index (χ4n) is 17.3. The highest BCUT2D eigenvalue weighted by Gasteiger charge is 2.29. The van der Waals surface area contributed by atoms with E-state index >= 15 is 0 Å². The average molecular weight is 2030 g/mol. The first-order valence-corrected chi connectivity index (χ1v) is 46.6. The van der Waals surface area contributed by atoms with Crippen molar-refractivity contribution in [2.45, 2.75) is 75.5 Å². The predicted octanol–water partition coefficient (Wildman–Crippen LogP) is 14.7. The van der Waals surface area contributed by atoms with Crippen LogP contribution in [0, 0.1) is 5.82 Å². The Labute approximate surface area is 785 Å². The molecule has 6 aliphatic heterocycles. The van der Waals surface area contributed by atoms with Crippen LogP contribution in [-0.2, 0) is 0 Å². The molecule has 6 aromatic carbocycles. The molecular weight excluding hydrogens is 1920 g/mol. The molecule has 6 aromatic heterocycles. The molecule has 0 atom stereocenters. The third-order valence-corrected chi connectivity index (χ3v) is 28.0. The van der Waals surface area contributed by atoms with Crippen LogP contribution < -0.4 is 62.8 Å². The number of anilines is 6. The van der Waals surface area contributed by atoms with Crippen molar-refractivity contribution in [1.29, 1.82) is 0 Å². The molecule has 28 nitrogen and oxygen atoms in total. The van der Waals surface area contributed by atoms with E-state index in [4.69, 9.17) is 46.4 Å². The molecule has 0 amide bonds. The van der Waals surface area contributed by atoms with Gasteiger partial charge in [0.25, 0.3) is 33.4 Å². The van der Waals surface area contributed by atoms with Crippen molar-refractivity contribution in [2.24, 2.45) is 0 Å². The van der Waals surface area contributed by atoms with E-state index in [0.717, 1.165) is 221 Å².